The Hall–Kier alpha value is -9.03. The van der Waals surface area contributed by atoms with Crippen LogP contribution >= 0.6 is 0 Å². The van der Waals surface area contributed by atoms with Gasteiger partial charge in [-0.15, -0.1) is 0 Å². The molecule has 0 aliphatic heterocycles. The number of carbonyl (C=O) groups excluding carboxylic acids is 9. The van der Waals surface area contributed by atoms with Crippen LogP contribution in [0.3, 0.4) is 0 Å². The van der Waals surface area contributed by atoms with Gasteiger partial charge in [-0.1, -0.05) is 109 Å². The minimum atomic E-state index is -0.187. The van der Waals surface area contributed by atoms with Crippen LogP contribution in [0.15, 0.2) is 91.0 Å². The second-order valence-corrected chi connectivity index (χ2v) is 27.2. The Morgan fingerprint density at radius 2 is 0.446 bits per heavy atom. The highest BCUT2D eigenvalue weighted by atomic mass is 16.2. The van der Waals surface area contributed by atoms with Crippen molar-refractivity contribution in [3.8, 4) is 0 Å². The number of amides is 8. The second-order valence-electron chi connectivity index (χ2n) is 27.2. The fourth-order valence-corrected chi connectivity index (χ4v) is 11.8. The van der Waals surface area contributed by atoms with Crippen LogP contribution in [-0.2, 0) is 62.8 Å². The van der Waals surface area contributed by atoms with E-state index in [1.807, 2.05) is 0 Å². The first-order chi connectivity index (χ1) is 54.4. The molecule has 0 fully saturated rings. The van der Waals surface area contributed by atoms with Crippen LogP contribution in [-0.4, -0.2) is 279 Å². The highest BCUT2D eigenvalue weighted by Gasteiger charge is 2.20. The molecule has 31 heteroatoms. The molecule has 0 aliphatic carbocycles. The average Bonchev–Trinajstić information content (AvgIpc) is 0.851. The summed E-state index contributed by atoms with van der Waals surface area (Å²) in [4.78, 5) is 126. The number of nitrogens with two attached hydrogens (primary N) is 8. The van der Waals surface area contributed by atoms with Gasteiger partial charge in [0.2, 0.25) is 47.3 Å². The minimum absolute atomic E-state index is 0.0244. The molecule has 0 bridgehead atoms. The maximum Gasteiger partial charge on any atom is 0.222 e. The maximum atomic E-state index is 12.9. The zero-order valence-corrected chi connectivity index (χ0v) is 65.9. The summed E-state index contributed by atoms with van der Waals surface area (Å²) in [6, 6.07) is 31.3. The van der Waals surface area contributed by atoms with Crippen LogP contribution in [0.25, 0.3) is 36.5 Å². The van der Waals surface area contributed by atoms with Gasteiger partial charge < -0.3 is 108 Å². The Morgan fingerprint density at radius 3 is 0.661 bits per heavy atom. The highest BCUT2D eigenvalue weighted by Crippen LogP contribution is 2.21. The Kier molecular flexibility index (Phi) is 50.8. The van der Waals surface area contributed by atoms with Crippen molar-refractivity contribution in [2.45, 2.75) is 77.4 Å². The quantitative estimate of drug-likeness (QED) is 0.0140. The van der Waals surface area contributed by atoms with Gasteiger partial charge in [0.1, 0.15) is 6.29 Å². The minimum Gasteiger partial charge on any atom is -0.355 e. The molecule has 4 aromatic carbocycles. The average molecular weight is 1560 g/mol. The second kappa shape index (κ2) is 59.7. The van der Waals surface area contributed by atoms with E-state index in [9.17, 15) is 43.2 Å². The highest BCUT2D eigenvalue weighted by molar-refractivity contribution is 5.81. The Bertz CT molecular complexity index is 3420. The fourth-order valence-electron chi connectivity index (χ4n) is 11.8. The molecular weight excluding hydrogens is 1430 g/mol. The lowest BCUT2D eigenvalue weighted by molar-refractivity contribution is -0.123. The topological polar surface area (TPSA) is 477 Å². The van der Waals surface area contributed by atoms with E-state index in [1.165, 1.54) is 0 Å². The molecule has 112 heavy (non-hydrogen) atoms. The SMILES string of the molecule is NCCNC(=O)CCN(CCC=O)CCN(CCC(=O)NCCN)Cc1ccc(/C=C/c2cc(/C=C/c3ccc(CN(CCC(=O)NCCN)CCN(CCC(=O)NCN)CCC(=O)NCCN)cc3)cc(/C=C/c3ccc(CN(CCC(=O)NCCN)CCN(CCC(=O)NCCN)CCC(=O)NCCN)cc3)c2)cc1. The molecule has 4 aromatic rings. The van der Waals surface area contributed by atoms with Gasteiger partial charge in [-0.05, 0) is 68.3 Å². The number of nitrogens with one attached hydrogen (secondary N) is 8. The third kappa shape index (κ3) is 44.9. The first kappa shape index (κ1) is 95.3. The molecule has 0 aromatic heterocycles. The molecule has 0 radical (unpaired) electrons. The van der Waals surface area contributed by atoms with E-state index in [1.54, 1.807) is 0 Å². The first-order valence-electron chi connectivity index (χ1n) is 39.4. The van der Waals surface area contributed by atoms with Gasteiger partial charge >= 0.3 is 0 Å². The number of hydrogen-bond donors (Lipinski definition) is 16. The maximum absolute atomic E-state index is 12.9. The fraction of sp³-hybridized carbons (Fsp3) is 0.519. The number of aldehydes is 1. The van der Waals surface area contributed by atoms with E-state index in [0.717, 1.165) is 56.4 Å². The van der Waals surface area contributed by atoms with Crippen LogP contribution in [0.4, 0.5) is 0 Å². The lowest BCUT2D eigenvalue weighted by atomic mass is 10.0. The molecule has 24 N–H and O–H groups in total. The third-order valence-electron chi connectivity index (χ3n) is 18.1. The molecule has 0 spiro atoms. The summed E-state index contributed by atoms with van der Waals surface area (Å²) in [6.45, 7) is 14.0. The number of carbonyl (C=O) groups is 9. The summed E-state index contributed by atoms with van der Waals surface area (Å²) in [7, 11) is 0. The normalized spacial score (nSPS) is 11.6. The summed E-state index contributed by atoms with van der Waals surface area (Å²) in [5, 5.41) is 22.5. The zero-order chi connectivity index (χ0) is 81.2. The molecule has 4 rings (SSSR count). The van der Waals surface area contributed by atoms with Crippen LogP contribution < -0.4 is 88.4 Å². The van der Waals surface area contributed by atoms with Gasteiger partial charge in [-0.25, -0.2) is 0 Å². The van der Waals surface area contributed by atoms with E-state index in [0.29, 0.717) is 216 Å². The summed E-state index contributed by atoms with van der Waals surface area (Å²) in [5.74, 6) is -0.975. The molecule has 0 atom stereocenters. The standard InChI is InChI=1S/C81H130N22O9/c82-28-35-90-74(105)20-43-98(42-1-57-104)51-54-101(48-25-78(109)94-39-32-86)61-68-11-2-65(3-12-68)8-17-71-58-72(18-9-66-4-13-69(14-5-66)62-102(49-26-79(110)95-40-33-87)55-52-99(44-21-75(106)91-36-29-83)45-22-76(107)92-37-30-84)60-73(59-71)19-10-67-6-15-70(16-7-67)63-103(50-27-80(111)96-41-34-88)56-53-100(47-24-81(112)97-64-89)46-23-77(108)93-38-31-85/h2-19,57-60H,1,20-56,61-64,82-89H2,(H,90,105)(H,91,106)(H,92,107)(H,93,108)(H,94,109)(H,95,110)(H,96,111)(H,97,112)/b17-8+,18-9+,19-10+. The molecule has 0 saturated heterocycles. The van der Waals surface area contributed by atoms with Crippen molar-refractivity contribution in [3.05, 3.63) is 141 Å². The summed E-state index contributed by atoms with van der Waals surface area (Å²) < 4.78 is 0. The molecule has 0 unspecified atom stereocenters. The Balaban J connectivity index is 1.68. The molecule has 0 heterocycles. The van der Waals surface area contributed by atoms with E-state index in [2.05, 4.69) is 199 Å². The zero-order valence-electron chi connectivity index (χ0n) is 65.9. The predicted molar refractivity (Wildman–Crippen MR) is 447 cm³/mol. The van der Waals surface area contributed by atoms with Gasteiger partial charge in [0.15, 0.2) is 0 Å². The number of benzene rings is 4. The summed E-state index contributed by atoms with van der Waals surface area (Å²) in [5.41, 5.74) is 54.0. The van der Waals surface area contributed by atoms with E-state index in [4.69, 9.17) is 45.9 Å². The van der Waals surface area contributed by atoms with Crippen LogP contribution in [0.1, 0.15) is 108 Å². The van der Waals surface area contributed by atoms with Crippen molar-refractivity contribution in [1.82, 2.24) is 71.9 Å². The third-order valence-corrected chi connectivity index (χ3v) is 18.1. The van der Waals surface area contributed by atoms with Crippen molar-refractivity contribution >= 4 is 90.0 Å². The van der Waals surface area contributed by atoms with Crippen molar-refractivity contribution in [2.24, 2.45) is 45.9 Å². The largest absolute Gasteiger partial charge is 0.355 e. The van der Waals surface area contributed by atoms with Crippen LogP contribution in [0, 0.1) is 0 Å². The van der Waals surface area contributed by atoms with Crippen molar-refractivity contribution in [3.63, 3.8) is 0 Å². The molecule has 0 aliphatic rings. The Morgan fingerprint density at radius 1 is 0.250 bits per heavy atom. The number of hydrogen-bond acceptors (Lipinski definition) is 23. The van der Waals surface area contributed by atoms with Gasteiger partial charge in [0.05, 0.1) is 6.67 Å². The number of rotatable bonds is 63. The van der Waals surface area contributed by atoms with E-state index >= 15 is 0 Å². The summed E-state index contributed by atoms with van der Waals surface area (Å²) >= 11 is 0. The molecule has 0 saturated carbocycles. The van der Waals surface area contributed by atoms with E-state index < -0.39 is 0 Å². The first-order valence-corrected chi connectivity index (χ1v) is 39.4. The van der Waals surface area contributed by atoms with Crippen molar-refractivity contribution < 1.29 is 43.2 Å². The monoisotopic (exact) mass is 1560 g/mol. The molecule has 618 valence electrons. The van der Waals surface area contributed by atoms with Gasteiger partial charge in [0.25, 0.3) is 0 Å². The molecule has 8 amide bonds. The smallest absolute Gasteiger partial charge is 0.222 e. The van der Waals surface area contributed by atoms with Crippen LogP contribution in [0.2, 0.25) is 0 Å². The van der Waals surface area contributed by atoms with Crippen molar-refractivity contribution in [1.29, 1.82) is 0 Å². The van der Waals surface area contributed by atoms with Gasteiger partial charge in [-0.3, -0.25) is 53.1 Å². The van der Waals surface area contributed by atoms with Crippen molar-refractivity contribution in [2.75, 3.05) is 196 Å². The van der Waals surface area contributed by atoms with Gasteiger partial charge in [-0.2, -0.15) is 0 Å². The molecular formula is C81H130N22O9. The Labute approximate surface area is 662 Å². The van der Waals surface area contributed by atoms with E-state index in [-0.39, 0.29) is 105 Å². The predicted octanol–water partition coefficient (Wildman–Crippen LogP) is -1.22. The lowest BCUT2D eigenvalue weighted by Crippen LogP contribution is -2.41. The van der Waals surface area contributed by atoms with Gasteiger partial charge in [0, 0.05) is 267 Å². The van der Waals surface area contributed by atoms with Crippen LogP contribution in [0.5, 0.6) is 0 Å². The molecule has 31 nitrogen and oxygen atoms in total. The lowest BCUT2D eigenvalue weighted by Gasteiger charge is -2.28. The summed E-state index contributed by atoms with van der Waals surface area (Å²) in [6.07, 6.45) is 15.6. The number of nitrogens with zero attached hydrogens (tertiary/aromatic N) is 6.